The van der Waals surface area contributed by atoms with Crippen molar-refractivity contribution in [1.29, 1.82) is 0 Å². The van der Waals surface area contributed by atoms with Crippen LogP contribution < -0.4 is 31.1 Å². The van der Waals surface area contributed by atoms with Gasteiger partial charge >= 0.3 is 0 Å². The summed E-state index contributed by atoms with van der Waals surface area (Å²) in [6, 6.07) is 13.6. The van der Waals surface area contributed by atoms with Gasteiger partial charge in [0.2, 0.25) is 29.6 Å². The predicted molar refractivity (Wildman–Crippen MR) is 294 cm³/mol. The van der Waals surface area contributed by atoms with Crippen molar-refractivity contribution >= 4 is 69.2 Å². The maximum atomic E-state index is 14.7. The lowest BCUT2D eigenvalue weighted by Crippen LogP contribution is -2.71. The molecule has 4 aliphatic heterocycles. The lowest BCUT2D eigenvalue weighted by Gasteiger charge is -2.56. The molecule has 5 N–H and O–H groups in total. The second-order valence-electron chi connectivity index (χ2n) is 22.6. The fourth-order valence-electron chi connectivity index (χ4n) is 11.2. The molecule has 75 heavy (non-hydrogen) atoms. The lowest BCUT2D eigenvalue weighted by atomic mass is 9.75. The smallest absolute Gasteiger partial charge is 0.246 e. The number of likely N-dealkylation sites (tertiary alicyclic amines) is 1. The number of aliphatic hydroxyl groups is 1. The molecule has 19 heteroatoms. The van der Waals surface area contributed by atoms with Crippen LogP contribution in [0.2, 0.25) is 5.02 Å². The molecule has 0 saturated carbocycles. The highest BCUT2D eigenvalue weighted by Gasteiger charge is 2.49. The first-order valence-electron chi connectivity index (χ1n) is 26.5. The summed E-state index contributed by atoms with van der Waals surface area (Å²) in [6.07, 6.45) is 0.749. The van der Waals surface area contributed by atoms with Gasteiger partial charge in [-0.1, -0.05) is 68.8 Å². The standard InChI is InChI=1S/C56H73ClFN11O5S/c1-34-22-38(23-35(2)48(34)58)27-69-44-25-41(57)24-43(49(44)64-54(69)67-31-56(32-67)29-59-30-56)66-20-18-65(19-21-66)17-9-11-46(71)60-16-8-10-47(72)63-51(55(5,6)7)53(74)68-28-42(70)26-45(68)52(73)62-36(3)39-12-14-40(15-13-39)50-37(4)61-33-75-50/h12-15,22-25,33,36,42,45,51,59,70H,8-11,16-21,26-32H2,1-7H3,(H,60,71)(H,62,73)(H,63,72). The second-order valence-corrected chi connectivity index (χ2v) is 23.9. The van der Waals surface area contributed by atoms with Crippen LogP contribution in [0.4, 0.5) is 16.0 Å². The van der Waals surface area contributed by atoms with Gasteiger partial charge in [-0.2, -0.15) is 0 Å². The molecule has 0 bridgehead atoms. The van der Waals surface area contributed by atoms with Gasteiger partial charge in [-0.15, -0.1) is 11.3 Å². The summed E-state index contributed by atoms with van der Waals surface area (Å²) in [5.74, 6) is -0.457. The first kappa shape index (κ1) is 54.1. The number of piperazine rings is 1. The van der Waals surface area contributed by atoms with Gasteiger partial charge in [-0.25, -0.2) is 14.4 Å². The quantitative estimate of drug-likeness (QED) is 0.0605. The van der Waals surface area contributed by atoms with Crippen LogP contribution in [0.1, 0.15) is 93.8 Å². The average Bonchev–Trinajstić information content (AvgIpc) is 4.06. The zero-order chi connectivity index (χ0) is 53.3. The fraction of sp³-hybridized carbons (Fsp3) is 0.536. The third-order valence-corrected chi connectivity index (χ3v) is 16.7. The number of fused-ring (bicyclic) bond motifs is 1. The zero-order valence-corrected chi connectivity index (χ0v) is 46.0. The van der Waals surface area contributed by atoms with Crippen molar-refractivity contribution in [2.75, 3.05) is 81.8 Å². The minimum Gasteiger partial charge on any atom is -0.391 e. The van der Waals surface area contributed by atoms with Crippen molar-refractivity contribution in [3.05, 3.63) is 92.8 Å². The third kappa shape index (κ3) is 12.1. The Morgan fingerprint density at radius 2 is 1.63 bits per heavy atom. The number of hydrogen-bond donors (Lipinski definition) is 5. The van der Waals surface area contributed by atoms with Crippen molar-refractivity contribution in [3.63, 3.8) is 0 Å². The number of rotatable bonds is 18. The number of aliphatic hydroxyl groups excluding tert-OH is 1. The summed E-state index contributed by atoms with van der Waals surface area (Å²) in [7, 11) is 0. The van der Waals surface area contributed by atoms with Crippen LogP contribution in [0, 0.1) is 37.4 Å². The number of nitrogens with zero attached hydrogens (tertiary/aromatic N) is 7. The van der Waals surface area contributed by atoms with Gasteiger partial charge in [0.1, 0.15) is 23.4 Å². The minimum atomic E-state index is -0.944. The molecule has 4 atom stereocenters. The van der Waals surface area contributed by atoms with E-state index in [1.54, 1.807) is 11.3 Å². The SMILES string of the molecule is Cc1cc(Cn2c(N3CC4(CNC4)C3)nc3c(N4CCN(CCCC(=O)NCCCC(=O)NC(C(=O)N5CC(O)CC5C(=O)NC(C)c5ccc(-c6scnc6C)cc5)C(C)(C)C)CC4)cc(Cl)cc32)cc(C)c1F. The third-order valence-electron chi connectivity index (χ3n) is 15.5. The van der Waals surface area contributed by atoms with E-state index in [1.165, 1.54) is 4.90 Å². The number of halogens is 2. The summed E-state index contributed by atoms with van der Waals surface area (Å²) < 4.78 is 16.9. The Bertz CT molecular complexity index is 2880. The summed E-state index contributed by atoms with van der Waals surface area (Å²) >= 11 is 8.45. The molecule has 4 fully saturated rings. The molecule has 6 heterocycles. The van der Waals surface area contributed by atoms with Crippen LogP contribution >= 0.6 is 22.9 Å². The summed E-state index contributed by atoms with van der Waals surface area (Å²) in [4.78, 5) is 73.4. The van der Waals surface area contributed by atoms with E-state index in [1.807, 2.05) is 103 Å². The Balaban J connectivity index is 0.718. The first-order valence-corrected chi connectivity index (χ1v) is 27.8. The van der Waals surface area contributed by atoms with E-state index >= 15 is 0 Å². The van der Waals surface area contributed by atoms with E-state index in [2.05, 4.69) is 45.5 Å². The highest BCUT2D eigenvalue weighted by molar-refractivity contribution is 7.13. The van der Waals surface area contributed by atoms with Crippen LogP contribution in [0.5, 0.6) is 0 Å². The maximum Gasteiger partial charge on any atom is 0.246 e. The molecular formula is C56H73ClFN11O5S. The van der Waals surface area contributed by atoms with Crippen molar-refractivity contribution in [2.45, 2.75) is 111 Å². The number of aromatic nitrogens is 3. The summed E-state index contributed by atoms with van der Waals surface area (Å²) in [5, 5.41) is 23.7. The first-order chi connectivity index (χ1) is 35.8. The number of hydrogen-bond acceptors (Lipinski definition) is 12. The number of benzene rings is 3. The molecule has 5 aromatic rings. The largest absolute Gasteiger partial charge is 0.391 e. The minimum absolute atomic E-state index is 0.0155. The Hall–Kier alpha value is -5.66. The van der Waals surface area contributed by atoms with Crippen LogP contribution in [-0.4, -0.2) is 143 Å². The molecule has 4 amide bonds. The number of anilines is 2. The van der Waals surface area contributed by atoms with Gasteiger partial charge in [0.15, 0.2) is 0 Å². The van der Waals surface area contributed by atoms with Crippen LogP contribution in [0.3, 0.4) is 0 Å². The molecule has 9 rings (SSSR count). The highest BCUT2D eigenvalue weighted by atomic mass is 35.5. The monoisotopic (exact) mass is 1070 g/mol. The van der Waals surface area contributed by atoms with E-state index < -0.39 is 29.5 Å². The number of amides is 4. The topological polar surface area (TPSA) is 180 Å². The summed E-state index contributed by atoms with van der Waals surface area (Å²) in [6.45, 7) is 21.8. The van der Waals surface area contributed by atoms with E-state index in [0.717, 1.165) is 109 Å². The number of carbonyl (C=O) groups excluding carboxylic acids is 4. The maximum absolute atomic E-state index is 14.7. The molecule has 2 aromatic heterocycles. The lowest BCUT2D eigenvalue weighted by molar-refractivity contribution is -0.144. The van der Waals surface area contributed by atoms with Crippen molar-refractivity contribution < 1.29 is 28.7 Å². The van der Waals surface area contributed by atoms with Gasteiger partial charge in [0.05, 0.1) is 46.0 Å². The average molecular weight is 1070 g/mol. The Morgan fingerprint density at radius 3 is 2.27 bits per heavy atom. The molecule has 4 saturated heterocycles. The molecule has 16 nitrogen and oxygen atoms in total. The van der Waals surface area contributed by atoms with Crippen molar-refractivity contribution in [3.8, 4) is 10.4 Å². The van der Waals surface area contributed by atoms with E-state index in [9.17, 15) is 28.7 Å². The molecule has 0 radical (unpaired) electrons. The number of aryl methyl sites for hydroxylation is 3. The predicted octanol–water partition coefficient (Wildman–Crippen LogP) is 6.50. The van der Waals surface area contributed by atoms with Gasteiger partial charge < -0.3 is 45.6 Å². The van der Waals surface area contributed by atoms with Crippen LogP contribution in [-0.2, 0) is 25.7 Å². The fourth-order valence-corrected chi connectivity index (χ4v) is 12.2. The molecule has 1 spiro atoms. The van der Waals surface area contributed by atoms with Gasteiger partial charge in [-0.3, -0.25) is 24.1 Å². The number of carbonyl (C=O) groups is 4. The Labute approximate surface area is 448 Å². The molecule has 402 valence electrons. The van der Waals surface area contributed by atoms with Crippen LogP contribution in [0.15, 0.2) is 54.0 Å². The second kappa shape index (κ2) is 22.5. The zero-order valence-electron chi connectivity index (χ0n) is 44.4. The highest BCUT2D eigenvalue weighted by Crippen LogP contribution is 2.41. The molecular weight excluding hydrogens is 993 g/mol. The number of β-amino-alcohol motifs (C(OH)–C–C–N with tert-alkyl or cyclic N) is 1. The van der Waals surface area contributed by atoms with Crippen molar-refractivity contribution in [1.82, 2.24) is 45.6 Å². The normalized spacial score (nSPS) is 19.5. The number of imidazole rings is 1. The summed E-state index contributed by atoms with van der Waals surface area (Å²) in [5.41, 5.74) is 9.49. The van der Waals surface area contributed by atoms with Crippen molar-refractivity contribution in [2.24, 2.45) is 10.8 Å². The Morgan fingerprint density at radius 1 is 0.933 bits per heavy atom. The van der Waals surface area contributed by atoms with Gasteiger partial charge in [-0.05, 0) is 92.4 Å². The van der Waals surface area contributed by atoms with E-state index in [4.69, 9.17) is 16.6 Å². The van der Waals surface area contributed by atoms with E-state index in [0.29, 0.717) is 53.9 Å². The molecule has 4 unspecified atom stereocenters. The van der Waals surface area contributed by atoms with Gasteiger partial charge in [0.25, 0.3) is 0 Å². The van der Waals surface area contributed by atoms with E-state index in [-0.39, 0.29) is 49.0 Å². The molecule has 3 aromatic carbocycles. The molecule has 0 aliphatic carbocycles. The number of thiazole rings is 1. The van der Waals surface area contributed by atoms with Gasteiger partial charge in [0, 0.05) is 95.1 Å². The molecule has 4 aliphatic rings. The number of nitrogens with one attached hydrogen (secondary N) is 4. The van der Waals surface area contributed by atoms with Crippen LogP contribution in [0.25, 0.3) is 21.5 Å². The Kier molecular flexibility index (Phi) is 16.2.